The molecule has 0 aliphatic carbocycles. The van der Waals surface area contributed by atoms with Gasteiger partial charge in [0.15, 0.2) is 0 Å². The molecule has 23 heavy (non-hydrogen) atoms. The molecule has 2 N–H and O–H groups in total. The van der Waals surface area contributed by atoms with Crippen LogP contribution in [-0.4, -0.2) is 27.1 Å². The summed E-state index contributed by atoms with van der Waals surface area (Å²) in [5.74, 6) is 2.03. The second-order valence-electron chi connectivity index (χ2n) is 6.81. The largest absolute Gasteiger partial charge is 0.490 e. The minimum Gasteiger partial charge on any atom is -0.490 e. The third-order valence-corrected chi connectivity index (χ3v) is 3.51. The second-order valence-corrected chi connectivity index (χ2v) is 6.81. The Hall–Kier alpha value is -2.01. The normalized spacial score (nSPS) is 13.9. The Kier molecular flexibility index (Phi) is 5.31. The summed E-state index contributed by atoms with van der Waals surface area (Å²) in [7, 11) is 0. The number of nitrogens with zero attached hydrogens (tertiary/aromatic N) is 3. The zero-order valence-electron chi connectivity index (χ0n) is 14.6. The molecule has 0 amide bonds. The fourth-order valence-electron chi connectivity index (χ4n) is 2.68. The predicted octanol–water partition coefficient (Wildman–Crippen LogP) is 3.30. The highest BCUT2D eigenvalue weighted by Crippen LogP contribution is 2.23. The van der Waals surface area contributed by atoms with Gasteiger partial charge in [-0.3, -0.25) is 0 Å². The van der Waals surface area contributed by atoms with Crippen molar-refractivity contribution in [1.29, 1.82) is 0 Å². The van der Waals surface area contributed by atoms with Crippen LogP contribution in [0.2, 0.25) is 0 Å². The number of aryl methyl sites for hydroxylation is 2. The van der Waals surface area contributed by atoms with E-state index in [1.165, 1.54) is 0 Å². The van der Waals surface area contributed by atoms with Crippen molar-refractivity contribution < 1.29 is 4.74 Å². The Morgan fingerprint density at radius 3 is 2.43 bits per heavy atom. The number of rotatable bonds is 6. The van der Waals surface area contributed by atoms with Gasteiger partial charge >= 0.3 is 0 Å². The maximum Gasteiger partial charge on any atom is 0.140 e. The van der Waals surface area contributed by atoms with Gasteiger partial charge in [-0.25, -0.2) is 15.0 Å². The number of ether oxygens (including phenoxy) is 1. The molecule has 0 radical (unpaired) electrons. The summed E-state index contributed by atoms with van der Waals surface area (Å²) in [6, 6.07) is 5.70. The SMILES string of the molecule is Cc1nccc(-c2ccc(OC[C@@](C)(N)CC(C)C)c(C)n2)n1. The Labute approximate surface area is 138 Å². The van der Waals surface area contributed by atoms with Crippen LogP contribution in [0.5, 0.6) is 5.75 Å². The van der Waals surface area contributed by atoms with Crippen molar-refractivity contribution in [1.82, 2.24) is 15.0 Å². The molecular formula is C18H26N4O. The summed E-state index contributed by atoms with van der Waals surface area (Å²) >= 11 is 0. The maximum atomic E-state index is 6.29. The van der Waals surface area contributed by atoms with Crippen molar-refractivity contribution in [3.8, 4) is 17.1 Å². The summed E-state index contributed by atoms with van der Waals surface area (Å²) in [4.78, 5) is 13.1. The fraction of sp³-hybridized carbons (Fsp3) is 0.500. The van der Waals surface area contributed by atoms with Crippen LogP contribution in [-0.2, 0) is 0 Å². The van der Waals surface area contributed by atoms with Gasteiger partial charge < -0.3 is 10.5 Å². The van der Waals surface area contributed by atoms with Gasteiger partial charge in [-0.05, 0) is 51.3 Å². The monoisotopic (exact) mass is 314 g/mol. The van der Waals surface area contributed by atoms with Crippen LogP contribution in [0.3, 0.4) is 0 Å². The highest BCUT2D eigenvalue weighted by atomic mass is 16.5. The van der Waals surface area contributed by atoms with E-state index in [2.05, 4.69) is 28.8 Å². The third kappa shape index (κ3) is 4.99. The van der Waals surface area contributed by atoms with Crippen LogP contribution in [0.4, 0.5) is 0 Å². The van der Waals surface area contributed by atoms with E-state index in [1.807, 2.05) is 39.0 Å². The highest BCUT2D eigenvalue weighted by Gasteiger charge is 2.21. The molecule has 0 unspecified atom stereocenters. The van der Waals surface area contributed by atoms with Crippen molar-refractivity contribution in [2.75, 3.05) is 6.61 Å². The number of nitrogens with two attached hydrogens (primary N) is 1. The number of hydrogen-bond donors (Lipinski definition) is 1. The second kappa shape index (κ2) is 7.04. The summed E-state index contributed by atoms with van der Waals surface area (Å²) in [6.45, 7) is 10.6. The van der Waals surface area contributed by atoms with Crippen molar-refractivity contribution >= 4 is 0 Å². The van der Waals surface area contributed by atoms with Gasteiger partial charge in [0.05, 0.1) is 17.1 Å². The Bertz CT molecular complexity index is 668. The van der Waals surface area contributed by atoms with Gasteiger partial charge in [-0.1, -0.05) is 13.8 Å². The molecule has 124 valence electrons. The smallest absolute Gasteiger partial charge is 0.140 e. The van der Waals surface area contributed by atoms with Gasteiger partial charge in [-0.15, -0.1) is 0 Å². The standard InChI is InChI=1S/C18H26N4O/c1-12(2)10-18(5,19)11-23-17-7-6-15(21-13(17)3)16-8-9-20-14(4)22-16/h6-9,12H,10-11,19H2,1-5H3/t18-/m0/s1. The molecular weight excluding hydrogens is 288 g/mol. The number of aromatic nitrogens is 3. The van der Waals surface area contributed by atoms with Crippen molar-refractivity contribution in [3.63, 3.8) is 0 Å². The summed E-state index contributed by atoms with van der Waals surface area (Å²) in [5, 5.41) is 0. The molecule has 5 nitrogen and oxygen atoms in total. The van der Waals surface area contributed by atoms with Crippen molar-refractivity contribution in [3.05, 3.63) is 35.9 Å². The number of pyridine rings is 1. The van der Waals surface area contributed by atoms with Gasteiger partial charge in [0.2, 0.25) is 0 Å². The molecule has 0 bridgehead atoms. The topological polar surface area (TPSA) is 73.9 Å². The van der Waals surface area contributed by atoms with Crippen LogP contribution in [0.1, 0.15) is 38.7 Å². The molecule has 0 saturated carbocycles. The fourth-order valence-corrected chi connectivity index (χ4v) is 2.68. The molecule has 0 spiro atoms. The summed E-state index contributed by atoms with van der Waals surface area (Å²) in [5.41, 5.74) is 8.41. The molecule has 5 heteroatoms. The molecule has 0 aliphatic heterocycles. The van der Waals surface area contributed by atoms with Crippen LogP contribution in [0.25, 0.3) is 11.4 Å². The van der Waals surface area contributed by atoms with Crippen molar-refractivity contribution in [2.45, 2.75) is 46.6 Å². The van der Waals surface area contributed by atoms with E-state index in [0.717, 1.165) is 35.1 Å². The minimum atomic E-state index is -0.344. The lowest BCUT2D eigenvalue weighted by Gasteiger charge is -2.26. The highest BCUT2D eigenvalue weighted by molar-refractivity contribution is 5.55. The average molecular weight is 314 g/mol. The van der Waals surface area contributed by atoms with E-state index in [4.69, 9.17) is 10.5 Å². The van der Waals surface area contributed by atoms with Crippen LogP contribution in [0.15, 0.2) is 24.4 Å². The van der Waals surface area contributed by atoms with Crippen LogP contribution < -0.4 is 10.5 Å². The average Bonchev–Trinajstić information content (AvgIpc) is 2.44. The molecule has 2 aromatic rings. The minimum absolute atomic E-state index is 0.344. The lowest BCUT2D eigenvalue weighted by Crippen LogP contribution is -2.43. The van der Waals surface area contributed by atoms with Crippen LogP contribution in [0, 0.1) is 19.8 Å². The Morgan fingerprint density at radius 1 is 1.13 bits per heavy atom. The molecule has 0 aliphatic rings. The lowest BCUT2D eigenvalue weighted by atomic mass is 9.93. The predicted molar refractivity (Wildman–Crippen MR) is 92.3 cm³/mol. The zero-order chi connectivity index (χ0) is 17.0. The molecule has 0 fully saturated rings. The maximum absolute atomic E-state index is 6.29. The molecule has 2 aromatic heterocycles. The summed E-state index contributed by atoms with van der Waals surface area (Å²) < 4.78 is 5.90. The first-order chi connectivity index (χ1) is 10.8. The van der Waals surface area contributed by atoms with E-state index in [0.29, 0.717) is 12.5 Å². The van der Waals surface area contributed by atoms with E-state index in [-0.39, 0.29) is 5.54 Å². The van der Waals surface area contributed by atoms with E-state index >= 15 is 0 Å². The molecule has 0 saturated heterocycles. The molecule has 2 heterocycles. The number of hydrogen-bond acceptors (Lipinski definition) is 5. The Balaban J connectivity index is 2.11. The lowest BCUT2D eigenvalue weighted by molar-refractivity contribution is 0.205. The zero-order valence-corrected chi connectivity index (χ0v) is 14.6. The quantitative estimate of drug-likeness (QED) is 0.885. The first-order valence-corrected chi connectivity index (χ1v) is 7.96. The van der Waals surface area contributed by atoms with E-state index in [9.17, 15) is 0 Å². The van der Waals surface area contributed by atoms with Crippen molar-refractivity contribution in [2.24, 2.45) is 11.7 Å². The van der Waals surface area contributed by atoms with E-state index in [1.54, 1.807) is 6.20 Å². The van der Waals surface area contributed by atoms with Gasteiger partial charge in [0.1, 0.15) is 18.2 Å². The third-order valence-electron chi connectivity index (χ3n) is 3.51. The van der Waals surface area contributed by atoms with Gasteiger partial charge in [0.25, 0.3) is 0 Å². The molecule has 0 aromatic carbocycles. The van der Waals surface area contributed by atoms with Gasteiger partial charge in [0, 0.05) is 11.7 Å². The van der Waals surface area contributed by atoms with E-state index < -0.39 is 0 Å². The Morgan fingerprint density at radius 2 is 1.83 bits per heavy atom. The molecule has 1 atom stereocenters. The summed E-state index contributed by atoms with van der Waals surface area (Å²) in [6.07, 6.45) is 2.66. The molecule has 2 rings (SSSR count). The first-order valence-electron chi connectivity index (χ1n) is 7.96. The van der Waals surface area contributed by atoms with Gasteiger partial charge in [-0.2, -0.15) is 0 Å². The van der Waals surface area contributed by atoms with Crippen LogP contribution >= 0.6 is 0 Å². The first kappa shape index (κ1) is 17.3.